The summed E-state index contributed by atoms with van der Waals surface area (Å²) in [6.07, 6.45) is 0.759. The first-order chi connectivity index (χ1) is 13.3. The van der Waals surface area contributed by atoms with Gasteiger partial charge in [-0.05, 0) is 42.3 Å². The monoisotopic (exact) mass is 444 g/mol. The van der Waals surface area contributed by atoms with Gasteiger partial charge in [-0.1, -0.05) is 35.3 Å². The molecule has 0 spiro atoms. The van der Waals surface area contributed by atoms with Crippen LogP contribution in [0.3, 0.4) is 0 Å². The fourth-order valence-electron chi connectivity index (χ4n) is 3.08. The minimum Gasteiger partial charge on any atom is -0.340 e. The topological polar surface area (TPSA) is 57.7 Å². The van der Waals surface area contributed by atoms with Crippen LogP contribution in [0, 0.1) is 5.82 Å². The van der Waals surface area contributed by atoms with Gasteiger partial charge in [-0.3, -0.25) is 4.79 Å². The Balaban J connectivity index is 1.56. The Kier molecular flexibility index (Phi) is 6.60. The predicted octanol–water partition coefficient (Wildman–Crippen LogP) is 3.60. The van der Waals surface area contributed by atoms with E-state index in [-0.39, 0.29) is 30.3 Å². The summed E-state index contributed by atoms with van der Waals surface area (Å²) in [6.45, 7) is 0.933. The summed E-state index contributed by atoms with van der Waals surface area (Å²) in [5.41, 5.74) is 0.840. The number of hydrogen-bond donors (Lipinski definition) is 0. The number of halogens is 3. The molecule has 1 saturated heterocycles. The average Bonchev–Trinajstić information content (AvgIpc) is 2.67. The SMILES string of the molecule is O=C(CCc1ccc(Cl)cc1Cl)N1CCN(S(=O)(=O)c2cccc(F)c2)CC1. The molecule has 1 aliphatic rings. The van der Waals surface area contributed by atoms with E-state index in [1.165, 1.54) is 22.5 Å². The van der Waals surface area contributed by atoms with Gasteiger partial charge in [0.2, 0.25) is 15.9 Å². The van der Waals surface area contributed by atoms with E-state index in [0.29, 0.717) is 29.6 Å². The lowest BCUT2D eigenvalue weighted by molar-refractivity contribution is -0.132. The number of aryl methyl sites for hydroxylation is 1. The maximum absolute atomic E-state index is 13.4. The van der Waals surface area contributed by atoms with Gasteiger partial charge in [-0.2, -0.15) is 4.31 Å². The standard InChI is InChI=1S/C19H19Cl2FN2O3S/c20-15-6-4-14(18(21)12-15)5-7-19(25)23-8-10-24(11-9-23)28(26,27)17-3-1-2-16(22)13-17/h1-4,6,12-13H,5,7-11H2. The Bertz CT molecular complexity index is 977. The molecule has 3 rings (SSSR count). The minimum absolute atomic E-state index is 0.0613. The quantitative estimate of drug-likeness (QED) is 0.707. The van der Waals surface area contributed by atoms with Crippen LogP contribution >= 0.6 is 23.2 Å². The van der Waals surface area contributed by atoms with Gasteiger partial charge in [0.1, 0.15) is 5.82 Å². The van der Waals surface area contributed by atoms with Gasteiger partial charge in [-0.25, -0.2) is 12.8 Å². The molecule has 5 nitrogen and oxygen atoms in total. The molecular formula is C19H19Cl2FN2O3S. The molecule has 1 fully saturated rings. The van der Waals surface area contributed by atoms with Gasteiger partial charge in [0.15, 0.2) is 0 Å². The zero-order valence-electron chi connectivity index (χ0n) is 14.9. The second-order valence-corrected chi connectivity index (χ2v) is 9.26. The van der Waals surface area contributed by atoms with Crippen LogP contribution in [0.2, 0.25) is 10.0 Å². The third-order valence-electron chi connectivity index (χ3n) is 4.65. The molecule has 0 unspecified atom stereocenters. The first kappa shape index (κ1) is 21.0. The van der Waals surface area contributed by atoms with E-state index >= 15 is 0 Å². The molecule has 1 aliphatic heterocycles. The Hall–Kier alpha value is -1.67. The maximum atomic E-state index is 13.4. The largest absolute Gasteiger partial charge is 0.340 e. The fraction of sp³-hybridized carbons (Fsp3) is 0.316. The number of sulfonamides is 1. The molecule has 2 aromatic carbocycles. The van der Waals surface area contributed by atoms with Crippen LogP contribution in [0.1, 0.15) is 12.0 Å². The molecule has 2 aromatic rings. The number of carbonyl (C=O) groups excluding carboxylic acids is 1. The van der Waals surface area contributed by atoms with E-state index in [4.69, 9.17) is 23.2 Å². The van der Waals surface area contributed by atoms with Crippen molar-refractivity contribution in [3.8, 4) is 0 Å². The predicted molar refractivity (Wildman–Crippen MR) is 107 cm³/mol. The molecule has 9 heteroatoms. The van der Waals surface area contributed by atoms with Crippen LogP contribution < -0.4 is 0 Å². The van der Waals surface area contributed by atoms with Gasteiger partial charge in [0, 0.05) is 42.6 Å². The molecule has 0 radical (unpaired) electrons. The summed E-state index contributed by atoms with van der Waals surface area (Å²) in [5.74, 6) is -0.662. The van der Waals surface area contributed by atoms with Gasteiger partial charge in [-0.15, -0.1) is 0 Å². The summed E-state index contributed by atoms with van der Waals surface area (Å²) < 4.78 is 39.9. The summed E-state index contributed by atoms with van der Waals surface area (Å²) in [6, 6.07) is 10.1. The smallest absolute Gasteiger partial charge is 0.243 e. The van der Waals surface area contributed by atoms with Crippen LogP contribution in [-0.2, 0) is 21.2 Å². The maximum Gasteiger partial charge on any atom is 0.243 e. The number of hydrogen-bond acceptors (Lipinski definition) is 3. The molecule has 0 aromatic heterocycles. The lowest BCUT2D eigenvalue weighted by atomic mass is 10.1. The molecular weight excluding hydrogens is 426 g/mol. The average molecular weight is 445 g/mol. The highest BCUT2D eigenvalue weighted by atomic mass is 35.5. The van der Waals surface area contributed by atoms with Gasteiger partial charge in [0.05, 0.1) is 4.90 Å². The molecule has 0 aliphatic carbocycles. The van der Waals surface area contributed by atoms with E-state index in [0.717, 1.165) is 11.6 Å². The van der Waals surface area contributed by atoms with E-state index in [2.05, 4.69) is 0 Å². The summed E-state index contributed by atoms with van der Waals surface area (Å²) in [7, 11) is -3.77. The Morgan fingerprint density at radius 3 is 2.39 bits per heavy atom. The number of benzene rings is 2. The molecule has 150 valence electrons. The Morgan fingerprint density at radius 1 is 1.04 bits per heavy atom. The summed E-state index contributed by atoms with van der Waals surface area (Å²) in [5, 5.41) is 1.06. The van der Waals surface area contributed by atoms with E-state index in [9.17, 15) is 17.6 Å². The molecule has 0 atom stereocenters. The second kappa shape index (κ2) is 8.78. The number of nitrogens with zero attached hydrogens (tertiary/aromatic N) is 2. The minimum atomic E-state index is -3.77. The van der Waals surface area contributed by atoms with Crippen LogP contribution in [0.4, 0.5) is 4.39 Å². The molecule has 1 heterocycles. The van der Waals surface area contributed by atoms with Crippen LogP contribution in [0.15, 0.2) is 47.4 Å². The molecule has 0 N–H and O–H groups in total. The van der Waals surface area contributed by atoms with Crippen molar-refractivity contribution in [3.63, 3.8) is 0 Å². The van der Waals surface area contributed by atoms with Crippen molar-refractivity contribution in [2.45, 2.75) is 17.7 Å². The highest BCUT2D eigenvalue weighted by molar-refractivity contribution is 7.89. The van der Waals surface area contributed by atoms with Crippen molar-refractivity contribution in [2.24, 2.45) is 0 Å². The second-order valence-electron chi connectivity index (χ2n) is 6.48. The first-order valence-electron chi connectivity index (χ1n) is 8.75. The number of carbonyl (C=O) groups is 1. The Labute approximate surface area is 173 Å². The first-order valence-corrected chi connectivity index (χ1v) is 10.9. The van der Waals surface area contributed by atoms with Crippen LogP contribution in [0.5, 0.6) is 0 Å². The van der Waals surface area contributed by atoms with E-state index < -0.39 is 15.8 Å². The summed E-state index contributed by atoms with van der Waals surface area (Å²) >= 11 is 12.0. The van der Waals surface area contributed by atoms with Crippen molar-refractivity contribution >= 4 is 39.1 Å². The molecule has 28 heavy (non-hydrogen) atoms. The van der Waals surface area contributed by atoms with Crippen molar-refractivity contribution in [1.82, 2.24) is 9.21 Å². The van der Waals surface area contributed by atoms with Crippen LogP contribution in [0.25, 0.3) is 0 Å². The van der Waals surface area contributed by atoms with Gasteiger partial charge >= 0.3 is 0 Å². The third-order valence-corrected chi connectivity index (χ3v) is 7.13. The van der Waals surface area contributed by atoms with Gasteiger partial charge in [0.25, 0.3) is 0 Å². The molecule has 1 amide bonds. The zero-order chi connectivity index (χ0) is 20.3. The zero-order valence-corrected chi connectivity index (χ0v) is 17.3. The van der Waals surface area contributed by atoms with Crippen molar-refractivity contribution in [1.29, 1.82) is 0 Å². The normalized spacial score (nSPS) is 15.6. The van der Waals surface area contributed by atoms with Crippen molar-refractivity contribution < 1.29 is 17.6 Å². The fourth-order valence-corrected chi connectivity index (χ4v) is 5.04. The lowest BCUT2D eigenvalue weighted by Crippen LogP contribution is -2.50. The highest BCUT2D eigenvalue weighted by Crippen LogP contribution is 2.23. The summed E-state index contributed by atoms with van der Waals surface area (Å²) in [4.78, 5) is 14.0. The van der Waals surface area contributed by atoms with Crippen molar-refractivity contribution in [3.05, 3.63) is 63.9 Å². The highest BCUT2D eigenvalue weighted by Gasteiger charge is 2.30. The number of amides is 1. The van der Waals surface area contributed by atoms with Gasteiger partial charge < -0.3 is 4.90 Å². The van der Waals surface area contributed by atoms with E-state index in [1.54, 1.807) is 23.1 Å². The lowest BCUT2D eigenvalue weighted by Gasteiger charge is -2.34. The molecule has 0 bridgehead atoms. The number of rotatable bonds is 5. The molecule has 0 saturated carbocycles. The van der Waals surface area contributed by atoms with Crippen molar-refractivity contribution in [2.75, 3.05) is 26.2 Å². The van der Waals surface area contributed by atoms with Crippen LogP contribution in [-0.4, -0.2) is 49.7 Å². The third kappa shape index (κ3) is 4.84. The number of piperazine rings is 1. The Morgan fingerprint density at radius 2 is 1.75 bits per heavy atom. The van der Waals surface area contributed by atoms with E-state index in [1.807, 2.05) is 0 Å².